The number of benzene rings is 1. The molecular formula is C14H17F4NO2. The van der Waals surface area contributed by atoms with E-state index in [0.29, 0.717) is 32.4 Å². The van der Waals surface area contributed by atoms with Crippen molar-refractivity contribution in [3.8, 4) is 0 Å². The summed E-state index contributed by atoms with van der Waals surface area (Å²) in [5, 5.41) is 9.18. The van der Waals surface area contributed by atoms with E-state index < -0.39 is 17.6 Å². The lowest BCUT2D eigenvalue weighted by Crippen LogP contribution is -2.31. The van der Waals surface area contributed by atoms with Crippen molar-refractivity contribution >= 4 is 0 Å². The molecule has 1 heterocycles. The Morgan fingerprint density at radius 1 is 1.29 bits per heavy atom. The molecule has 7 heteroatoms. The summed E-state index contributed by atoms with van der Waals surface area (Å²) in [4.78, 5) is 1.86. The van der Waals surface area contributed by atoms with Crippen molar-refractivity contribution in [1.29, 1.82) is 0 Å². The predicted molar refractivity (Wildman–Crippen MR) is 68.1 cm³/mol. The Bertz CT molecular complexity index is 479. The van der Waals surface area contributed by atoms with Gasteiger partial charge in [0.1, 0.15) is 5.82 Å². The summed E-state index contributed by atoms with van der Waals surface area (Å²) in [5.41, 5.74) is -0.719. The molecule has 1 atom stereocenters. The Hall–Kier alpha value is -1.18. The molecule has 1 aliphatic rings. The number of aliphatic hydroxyl groups excluding tert-OH is 1. The molecule has 0 radical (unpaired) electrons. The van der Waals surface area contributed by atoms with Crippen LogP contribution in [0.2, 0.25) is 0 Å². The molecule has 1 aromatic rings. The van der Waals surface area contributed by atoms with E-state index in [9.17, 15) is 22.7 Å². The van der Waals surface area contributed by atoms with E-state index in [4.69, 9.17) is 4.74 Å². The Labute approximate surface area is 120 Å². The second-order valence-electron chi connectivity index (χ2n) is 5.20. The predicted octanol–water partition coefficient (Wildman–Crippen LogP) is 2.29. The third-order valence-corrected chi connectivity index (χ3v) is 3.37. The molecule has 0 aliphatic carbocycles. The summed E-state index contributed by atoms with van der Waals surface area (Å²) < 4.78 is 56.7. The van der Waals surface area contributed by atoms with Crippen LogP contribution in [0, 0.1) is 11.7 Å². The van der Waals surface area contributed by atoms with Crippen molar-refractivity contribution in [3.63, 3.8) is 0 Å². The third-order valence-electron chi connectivity index (χ3n) is 3.37. The standard InChI is InChI=1S/C14H17F4NO2/c15-13-4-10(3-12(5-13)14(16,17)18)6-19-1-2-21-9-11(7-19)8-20/h3-5,11,20H,1-2,6-9H2/t11-/m1/s1. The minimum absolute atomic E-state index is 0.0482. The van der Waals surface area contributed by atoms with Gasteiger partial charge < -0.3 is 9.84 Å². The van der Waals surface area contributed by atoms with Crippen LogP contribution in [0.3, 0.4) is 0 Å². The summed E-state index contributed by atoms with van der Waals surface area (Å²) in [6.45, 7) is 2.05. The summed E-state index contributed by atoms with van der Waals surface area (Å²) in [6, 6.07) is 2.56. The molecule has 0 bridgehead atoms. The van der Waals surface area contributed by atoms with Crippen LogP contribution in [0.15, 0.2) is 18.2 Å². The third kappa shape index (κ3) is 4.66. The fourth-order valence-electron chi connectivity index (χ4n) is 2.37. The maximum atomic E-state index is 13.4. The van der Waals surface area contributed by atoms with Gasteiger partial charge in [-0.1, -0.05) is 0 Å². The average molecular weight is 307 g/mol. The van der Waals surface area contributed by atoms with Gasteiger partial charge in [-0.2, -0.15) is 13.2 Å². The average Bonchev–Trinajstić information content (AvgIpc) is 2.62. The van der Waals surface area contributed by atoms with Crippen molar-refractivity contribution in [2.45, 2.75) is 12.7 Å². The highest BCUT2D eigenvalue weighted by atomic mass is 19.4. The van der Waals surface area contributed by atoms with Crippen LogP contribution in [-0.2, 0) is 17.5 Å². The van der Waals surface area contributed by atoms with Crippen molar-refractivity contribution in [2.24, 2.45) is 5.92 Å². The van der Waals surface area contributed by atoms with E-state index >= 15 is 0 Å². The Kier molecular flexibility index (Phi) is 5.18. The highest BCUT2D eigenvalue weighted by Crippen LogP contribution is 2.30. The lowest BCUT2D eigenvalue weighted by atomic mass is 10.1. The molecule has 1 saturated heterocycles. The van der Waals surface area contributed by atoms with Crippen LogP contribution in [-0.4, -0.2) is 42.9 Å². The molecule has 1 aromatic carbocycles. The van der Waals surface area contributed by atoms with Crippen molar-refractivity contribution in [1.82, 2.24) is 4.90 Å². The van der Waals surface area contributed by atoms with Gasteiger partial charge in [0, 0.05) is 32.2 Å². The number of hydrogen-bond acceptors (Lipinski definition) is 3. The monoisotopic (exact) mass is 307 g/mol. The fourth-order valence-corrected chi connectivity index (χ4v) is 2.37. The molecule has 0 unspecified atom stereocenters. The first-order valence-electron chi connectivity index (χ1n) is 6.66. The molecule has 1 fully saturated rings. The van der Waals surface area contributed by atoms with Gasteiger partial charge in [-0.25, -0.2) is 4.39 Å². The topological polar surface area (TPSA) is 32.7 Å². The second-order valence-corrected chi connectivity index (χ2v) is 5.20. The van der Waals surface area contributed by atoms with Crippen LogP contribution >= 0.6 is 0 Å². The van der Waals surface area contributed by atoms with Crippen LogP contribution < -0.4 is 0 Å². The van der Waals surface area contributed by atoms with Gasteiger partial charge in [0.15, 0.2) is 0 Å². The molecule has 2 rings (SSSR count). The molecule has 1 N–H and O–H groups in total. The Morgan fingerprint density at radius 3 is 2.71 bits per heavy atom. The molecular weight excluding hydrogens is 290 g/mol. The first-order chi connectivity index (χ1) is 9.88. The van der Waals surface area contributed by atoms with Gasteiger partial charge in [-0.05, 0) is 23.8 Å². The van der Waals surface area contributed by atoms with Crippen LogP contribution in [0.1, 0.15) is 11.1 Å². The number of nitrogens with zero attached hydrogens (tertiary/aromatic N) is 1. The molecule has 21 heavy (non-hydrogen) atoms. The van der Waals surface area contributed by atoms with Crippen molar-refractivity contribution in [3.05, 3.63) is 35.1 Å². The van der Waals surface area contributed by atoms with E-state index in [1.165, 1.54) is 0 Å². The highest BCUT2D eigenvalue weighted by Gasteiger charge is 2.31. The summed E-state index contributed by atoms with van der Waals surface area (Å²) in [5.74, 6) is -0.979. The van der Waals surface area contributed by atoms with Gasteiger partial charge in [-0.3, -0.25) is 4.90 Å². The summed E-state index contributed by atoms with van der Waals surface area (Å²) >= 11 is 0. The Morgan fingerprint density at radius 2 is 2.05 bits per heavy atom. The lowest BCUT2D eigenvalue weighted by molar-refractivity contribution is -0.137. The minimum Gasteiger partial charge on any atom is -0.396 e. The van der Waals surface area contributed by atoms with Gasteiger partial charge in [-0.15, -0.1) is 0 Å². The number of hydrogen-bond donors (Lipinski definition) is 1. The van der Waals surface area contributed by atoms with E-state index in [0.717, 1.165) is 12.1 Å². The van der Waals surface area contributed by atoms with E-state index in [-0.39, 0.29) is 24.6 Å². The van der Waals surface area contributed by atoms with Crippen molar-refractivity contribution in [2.75, 3.05) is 32.9 Å². The molecule has 0 aromatic heterocycles. The first kappa shape index (κ1) is 16.2. The van der Waals surface area contributed by atoms with Gasteiger partial charge >= 0.3 is 6.18 Å². The zero-order valence-corrected chi connectivity index (χ0v) is 11.4. The quantitative estimate of drug-likeness (QED) is 0.870. The fraction of sp³-hybridized carbons (Fsp3) is 0.571. The van der Waals surface area contributed by atoms with E-state index in [1.807, 2.05) is 4.90 Å². The molecule has 118 valence electrons. The Balaban J connectivity index is 2.13. The van der Waals surface area contributed by atoms with Crippen molar-refractivity contribution < 1.29 is 27.4 Å². The largest absolute Gasteiger partial charge is 0.416 e. The minimum atomic E-state index is -4.56. The normalized spacial score (nSPS) is 21.3. The zero-order valence-electron chi connectivity index (χ0n) is 11.4. The highest BCUT2D eigenvalue weighted by molar-refractivity contribution is 5.26. The first-order valence-corrected chi connectivity index (χ1v) is 6.66. The molecule has 1 aliphatic heterocycles. The molecule has 0 saturated carbocycles. The second kappa shape index (κ2) is 6.72. The lowest BCUT2D eigenvalue weighted by Gasteiger charge is -2.22. The molecule has 0 spiro atoms. The SMILES string of the molecule is OC[C@@H]1COCCN(Cc2cc(F)cc(C(F)(F)F)c2)C1. The smallest absolute Gasteiger partial charge is 0.396 e. The number of halogens is 4. The maximum absolute atomic E-state index is 13.4. The summed E-state index contributed by atoms with van der Waals surface area (Å²) in [7, 11) is 0. The number of ether oxygens (including phenoxy) is 1. The molecule has 0 amide bonds. The van der Waals surface area contributed by atoms with Gasteiger partial charge in [0.25, 0.3) is 0 Å². The molecule has 3 nitrogen and oxygen atoms in total. The van der Waals surface area contributed by atoms with E-state index in [2.05, 4.69) is 0 Å². The van der Waals surface area contributed by atoms with Gasteiger partial charge in [0.2, 0.25) is 0 Å². The number of alkyl halides is 3. The van der Waals surface area contributed by atoms with Crippen LogP contribution in [0.5, 0.6) is 0 Å². The maximum Gasteiger partial charge on any atom is 0.416 e. The van der Waals surface area contributed by atoms with Crippen LogP contribution in [0.4, 0.5) is 17.6 Å². The number of aliphatic hydroxyl groups is 1. The summed E-state index contributed by atoms with van der Waals surface area (Å²) in [6.07, 6.45) is -4.56. The van der Waals surface area contributed by atoms with Crippen LogP contribution in [0.25, 0.3) is 0 Å². The van der Waals surface area contributed by atoms with E-state index in [1.54, 1.807) is 0 Å². The zero-order chi connectivity index (χ0) is 15.5. The number of rotatable bonds is 3. The van der Waals surface area contributed by atoms with Gasteiger partial charge in [0.05, 0.1) is 18.8 Å².